The molecule has 140 valence electrons. The molecule has 0 fully saturated rings. The molecule has 1 unspecified atom stereocenters. The summed E-state index contributed by atoms with van der Waals surface area (Å²) in [4.78, 5) is 4.58. The van der Waals surface area contributed by atoms with Crippen molar-refractivity contribution in [2.75, 3.05) is 5.32 Å². The van der Waals surface area contributed by atoms with Gasteiger partial charge in [0, 0.05) is 16.6 Å². The molecule has 1 aromatic heterocycles. The van der Waals surface area contributed by atoms with Gasteiger partial charge in [0.1, 0.15) is 0 Å². The maximum absolute atomic E-state index is 4.58. The molecule has 4 nitrogen and oxygen atoms in total. The Labute approximate surface area is 169 Å². The molecule has 1 aliphatic rings. The summed E-state index contributed by atoms with van der Waals surface area (Å²) in [5.41, 5.74) is 4.88. The molecular weight excluding hydrogens is 356 g/mol. The molecule has 4 aromatic rings. The SMILES string of the molecule is CC1(N=Nc2ccc3ccccc3n2)C=Cc2c(cccc2-c2ccccc2)N1. The Kier molecular flexibility index (Phi) is 4.17. The van der Waals surface area contributed by atoms with E-state index in [-0.39, 0.29) is 0 Å². The number of fused-ring (bicyclic) bond motifs is 2. The standard InChI is InChI=1S/C25H20N4/c1-25(29-28-24-15-14-19-10-5-6-12-22(19)26-24)17-16-21-20(11-7-13-23(21)27-25)18-8-3-2-4-9-18/h2-17,27H,1H3. The molecule has 2 heterocycles. The largest absolute Gasteiger partial charge is 0.356 e. The van der Waals surface area contributed by atoms with Crippen LogP contribution in [0.15, 0.2) is 101 Å². The van der Waals surface area contributed by atoms with E-state index in [2.05, 4.69) is 69.1 Å². The van der Waals surface area contributed by atoms with Crippen LogP contribution >= 0.6 is 0 Å². The second kappa shape index (κ2) is 6.99. The lowest BCUT2D eigenvalue weighted by Crippen LogP contribution is -2.31. The minimum absolute atomic E-state index is 0.601. The van der Waals surface area contributed by atoms with Crippen molar-refractivity contribution in [3.63, 3.8) is 0 Å². The molecule has 1 atom stereocenters. The third-order valence-corrected chi connectivity index (χ3v) is 5.10. The lowest BCUT2D eigenvalue weighted by molar-refractivity contribution is 0.634. The molecule has 5 rings (SSSR count). The summed E-state index contributed by atoms with van der Waals surface area (Å²) in [5.74, 6) is 0.601. The number of hydrogen-bond donors (Lipinski definition) is 1. The summed E-state index contributed by atoms with van der Waals surface area (Å²) < 4.78 is 0. The van der Waals surface area contributed by atoms with E-state index < -0.39 is 5.66 Å². The minimum atomic E-state index is -0.629. The van der Waals surface area contributed by atoms with Gasteiger partial charge in [0.05, 0.1) is 5.52 Å². The monoisotopic (exact) mass is 376 g/mol. The fraction of sp³-hybridized carbons (Fsp3) is 0.0800. The zero-order chi connectivity index (χ0) is 19.7. The summed E-state index contributed by atoms with van der Waals surface area (Å²) in [7, 11) is 0. The van der Waals surface area contributed by atoms with E-state index in [0.717, 1.165) is 22.2 Å². The predicted octanol–water partition coefficient (Wildman–Crippen LogP) is 6.84. The molecule has 0 saturated carbocycles. The van der Waals surface area contributed by atoms with Crippen molar-refractivity contribution < 1.29 is 0 Å². The van der Waals surface area contributed by atoms with Gasteiger partial charge < -0.3 is 5.32 Å². The molecule has 0 bridgehead atoms. The molecule has 29 heavy (non-hydrogen) atoms. The van der Waals surface area contributed by atoms with Crippen LogP contribution in [0.3, 0.4) is 0 Å². The van der Waals surface area contributed by atoms with Crippen molar-refractivity contribution in [2.45, 2.75) is 12.6 Å². The molecule has 0 aliphatic carbocycles. The molecule has 1 aliphatic heterocycles. The first-order valence-electron chi connectivity index (χ1n) is 9.65. The summed E-state index contributed by atoms with van der Waals surface area (Å²) in [6, 6.07) is 28.6. The van der Waals surface area contributed by atoms with Crippen molar-refractivity contribution in [3.8, 4) is 11.1 Å². The Balaban J connectivity index is 1.45. The van der Waals surface area contributed by atoms with E-state index in [1.54, 1.807) is 0 Å². The third kappa shape index (κ3) is 3.41. The van der Waals surface area contributed by atoms with Crippen LogP contribution in [-0.2, 0) is 0 Å². The van der Waals surface area contributed by atoms with Crippen molar-refractivity contribution in [1.82, 2.24) is 4.98 Å². The average Bonchev–Trinajstić information content (AvgIpc) is 2.77. The number of benzene rings is 3. The van der Waals surface area contributed by atoms with Crippen LogP contribution in [0.25, 0.3) is 28.1 Å². The van der Waals surface area contributed by atoms with Gasteiger partial charge in [-0.25, -0.2) is 4.98 Å². The fourth-order valence-electron chi connectivity index (χ4n) is 3.61. The van der Waals surface area contributed by atoms with Gasteiger partial charge in [0.15, 0.2) is 11.5 Å². The molecule has 3 aromatic carbocycles. The van der Waals surface area contributed by atoms with Gasteiger partial charge in [-0.05, 0) is 48.4 Å². The minimum Gasteiger partial charge on any atom is -0.356 e. The zero-order valence-electron chi connectivity index (χ0n) is 16.1. The molecule has 0 saturated heterocycles. The summed E-state index contributed by atoms with van der Waals surface area (Å²) in [6.45, 7) is 2.01. The maximum atomic E-state index is 4.58. The highest BCUT2D eigenvalue weighted by Gasteiger charge is 2.25. The van der Waals surface area contributed by atoms with E-state index in [1.165, 1.54) is 11.1 Å². The maximum Gasteiger partial charge on any atom is 0.174 e. The van der Waals surface area contributed by atoms with Crippen LogP contribution in [-0.4, -0.2) is 10.6 Å². The van der Waals surface area contributed by atoms with E-state index in [9.17, 15) is 0 Å². The van der Waals surface area contributed by atoms with Gasteiger partial charge in [-0.1, -0.05) is 66.7 Å². The summed E-state index contributed by atoms with van der Waals surface area (Å²) >= 11 is 0. The second-order valence-electron chi connectivity index (χ2n) is 7.30. The molecule has 0 amide bonds. The highest BCUT2D eigenvalue weighted by molar-refractivity contribution is 5.85. The van der Waals surface area contributed by atoms with Crippen LogP contribution in [0.2, 0.25) is 0 Å². The van der Waals surface area contributed by atoms with Gasteiger partial charge in [-0.15, -0.1) is 5.11 Å². The molecular formula is C25H20N4. The first-order chi connectivity index (χ1) is 14.2. The van der Waals surface area contributed by atoms with Crippen LogP contribution in [0.4, 0.5) is 11.5 Å². The van der Waals surface area contributed by atoms with Crippen molar-refractivity contribution in [2.24, 2.45) is 10.2 Å². The van der Waals surface area contributed by atoms with E-state index in [1.807, 2.05) is 55.5 Å². The quantitative estimate of drug-likeness (QED) is 0.398. The van der Waals surface area contributed by atoms with Gasteiger partial charge in [-0.3, -0.25) is 0 Å². The van der Waals surface area contributed by atoms with Gasteiger partial charge in [0.25, 0.3) is 0 Å². The topological polar surface area (TPSA) is 49.6 Å². The number of nitrogens with one attached hydrogen (secondary N) is 1. The Morgan fingerprint density at radius 1 is 0.828 bits per heavy atom. The average molecular weight is 376 g/mol. The normalized spacial score (nSPS) is 18.0. The first-order valence-corrected chi connectivity index (χ1v) is 9.65. The number of hydrogen-bond acceptors (Lipinski definition) is 4. The molecule has 4 heteroatoms. The van der Waals surface area contributed by atoms with Gasteiger partial charge in [-0.2, -0.15) is 5.11 Å². The Morgan fingerprint density at radius 2 is 1.66 bits per heavy atom. The Morgan fingerprint density at radius 3 is 2.55 bits per heavy atom. The number of aromatic nitrogens is 1. The molecule has 0 radical (unpaired) electrons. The van der Waals surface area contributed by atoms with Gasteiger partial charge in [0.2, 0.25) is 0 Å². The van der Waals surface area contributed by atoms with Crippen LogP contribution in [0.1, 0.15) is 12.5 Å². The summed E-state index contributed by atoms with van der Waals surface area (Å²) in [6.07, 6.45) is 4.17. The first kappa shape index (κ1) is 17.3. The Bertz CT molecular complexity index is 1240. The lowest BCUT2D eigenvalue weighted by Gasteiger charge is -2.29. The smallest absolute Gasteiger partial charge is 0.174 e. The Hall–Kier alpha value is -3.79. The van der Waals surface area contributed by atoms with E-state index >= 15 is 0 Å². The number of nitrogens with zero attached hydrogens (tertiary/aromatic N) is 3. The van der Waals surface area contributed by atoms with Crippen LogP contribution in [0, 0.1) is 0 Å². The lowest BCUT2D eigenvalue weighted by atomic mass is 9.94. The second-order valence-corrected chi connectivity index (χ2v) is 7.30. The van der Waals surface area contributed by atoms with Crippen molar-refractivity contribution in [3.05, 3.63) is 96.6 Å². The molecule has 1 N–H and O–H groups in total. The van der Waals surface area contributed by atoms with E-state index in [4.69, 9.17) is 0 Å². The fourth-order valence-corrected chi connectivity index (χ4v) is 3.61. The zero-order valence-corrected chi connectivity index (χ0v) is 16.1. The number of azo groups is 1. The third-order valence-electron chi connectivity index (χ3n) is 5.10. The number of para-hydroxylation sites is 1. The van der Waals surface area contributed by atoms with Crippen LogP contribution < -0.4 is 5.32 Å². The number of anilines is 1. The number of rotatable bonds is 3. The highest BCUT2D eigenvalue weighted by Crippen LogP contribution is 2.36. The van der Waals surface area contributed by atoms with Crippen LogP contribution in [0.5, 0.6) is 0 Å². The van der Waals surface area contributed by atoms with Gasteiger partial charge >= 0.3 is 0 Å². The summed E-state index contributed by atoms with van der Waals surface area (Å²) in [5, 5.41) is 13.6. The number of pyridine rings is 1. The van der Waals surface area contributed by atoms with E-state index in [0.29, 0.717) is 5.82 Å². The molecule has 0 spiro atoms. The highest BCUT2D eigenvalue weighted by atomic mass is 15.3. The van der Waals surface area contributed by atoms with Crippen molar-refractivity contribution in [1.29, 1.82) is 0 Å². The predicted molar refractivity (Wildman–Crippen MR) is 119 cm³/mol. The van der Waals surface area contributed by atoms with Crippen molar-refractivity contribution >= 4 is 28.5 Å².